The molecular formula is C10H14OPo. The maximum atomic E-state index is 5.42. The van der Waals surface area contributed by atoms with E-state index in [0.717, 1.165) is 31.3 Å². The number of hydrogen-bond acceptors (Lipinski definition) is 1. The average Bonchev–Trinajstić information content (AvgIpc) is 2.01. The van der Waals surface area contributed by atoms with E-state index in [1.54, 1.807) is 0 Å². The van der Waals surface area contributed by atoms with Gasteiger partial charge in [-0.25, -0.2) is 0 Å². The van der Waals surface area contributed by atoms with E-state index in [2.05, 4.69) is 33.8 Å². The minimum absolute atomic E-state index is 0.961. The summed E-state index contributed by atoms with van der Waals surface area (Å²) in [6.07, 6.45) is 0. The Kier molecular flexibility index (Phi) is 3.13. The average molecular weight is 359 g/mol. The van der Waals surface area contributed by atoms with Crippen molar-refractivity contribution < 1.29 is 2.77 Å². The van der Waals surface area contributed by atoms with Crippen molar-refractivity contribution in [2.45, 2.75) is 27.7 Å². The zero-order valence-corrected chi connectivity index (χ0v) is 11.4. The molecule has 0 bridgehead atoms. The summed E-state index contributed by atoms with van der Waals surface area (Å²) in [7, 11) is 0. The molecule has 0 saturated carbocycles. The van der Waals surface area contributed by atoms with Gasteiger partial charge in [0.05, 0.1) is 0 Å². The van der Waals surface area contributed by atoms with Crippen LogP contribution in [0.5, 0.6) is 5.75 Å². The normalized spacial score (nSPS) is 10.1. The van der Waals surface area contributed by atoms with Gasteiger partial charge in [-0.05, 0) is 0 Å². The molecule has 0 aliphatic carbocycles. The van der Waals surface area contributed by atoms with E-state index in [1.165, 1.54) is 22.3 Å². The van der Waals surface area contributed by atoms with Crippen molar-refractivity contribution >= 4 is 25.5 Å². The van der Waals surface area contributed by atoms with Gasteiger partial charge in [0.1, 0.15) is 0 Å². The van der Waals surface area contributed by atoms with Crippen LogP contribution in [0.1, 0.15) is 22.3 Å². The molecule has 1 rings (SSSR count). The first-order valence-corrected chi connectivity index (χ1v) is 5.38. The third kappa shape index (κ3) is 1.64. The standard InChI is InChI=1S/C10H14O.Po.H/c1-6-5-7(2)10(11)9(4)8(6)3;;/h5,11H,1-4H3;;/q;+1;/p-1. The molecule has 1 aromatic rings. The Bertz CT molecular complexity index is 305. The fourth-order valence-electron chi connectivity index (χ4n) is 1.40. The van der Waals surface area contributed by atoms with Gasteiger partial charge < -0.3 is 0 Å². The van der Waals surface area contributed by atoms with Gasteiger partial charge in [0.25, 0.3) is 0 Å². The summed E-state index contributed by atoms with van der Waals surface area (Å²) in [4.78, 5) is 0. The SMILES string of the molecule is Cc1cc(C)c([O][PoH])c(C)c1C. The van der Waals surface area contributed by atoms with Gasteiger partial charge in [-0.1, -0.05) is 0 Å². The van der Waals surface area contributed by atoms with E-state index in [-0.39, 0.29) is 0 Å². The second-order valence-electron chi connectivity index (χ2n) is 3.18. The predicted molar refractivity (Wildman–Crippen MR) is 53.2 cm³/mol. The van der Waals surface area contributed by atoms with Crippen LogP contribution in [0.3, 0.4) is 0 Å². The number of aryl methyl sites for hydroxylation is 2. The van der Waals surface area contributed by atoms with E-state index in [9.17, 15) is 0 Å². The molecule has 0 unspecified atom stereocenters. The van der Waals surface area contributed by atoms with Crippen LogP contribution in [0.4, 0.5) is 0 Å². The molecule has 0 radical (unpaired) electrons. The molecule has 1 nitrogen and oxygen atoms in total. The summed E-state index contributed by atoms with van der Waals surface area (Å²) in [6, 6.07) is 2.19. The van der Waals surface area contributed by atoms with Crippen molar-refractivity contribution in [1.82, 2.24) is 0 Å². The van der Waals surface area contributed by atoms with Crippen LogP contribution in [-0.2, 0) is 0 Å². The van der Waals surface area contributed by atoms with Crippen molar-refractivity contribution in [3.05, 3.63) is 28.3 Å². The monoisotopic (exact) mass is 359 g/mol. The summed E-state index contributed by atoms with van der Waals surface area (Å²) in [6.45, 7) is 8.51. The van der Waals surface area contributed by atoms with Crippen LogP contribution in [0.25, 0.3) is 0 Å². The summed E-state index contributed by atoms with van der Waals surface area (Å²) >= 11 is 0.961. The van der Waals surface area contributed by atoms with Crippen molar-refractivity contribution in [1.29, 1.82) is 0 Å². The molecule has 0 atom stereocenters. The Morgan fingerprint density at radius 3 is 2.08 bits per heavy atom. The molecule has 66 valence electrons. The molecule has 12 heavy (non-hydrogen) atoms. The first kappa shape index (κ1) is 10.0. The van der Waals surface area contributed by atoms with E-state index in [4.69, 9.17) is 2.77 Å². The van der Waals surface area contributed by atoms with Crippen molar-refractivity contribution in [3.63, 3.8) is 0 Å². The van der Waals surface area contributed by atoms with Crippen molar-refractivity contribution in [2.24, 2.45) is 0 Å². The first-order chi connectivity index (χ1) is 5.57. The first-order valence-electron chi connectivity index (χ1n) is 3.96. The molecule has 0 aromatic heterocycles. The second-order valence-corrected chi connectivity index (χ2v) is 3.89. The van der Waals surface area contributed by atoms with E-state index in [1.807, 2.05) is 0 Å². The van der Waals surface area contributed by atoms with Gasteiger partial charge in [-0.15, -0.1) is 0 Å². The van der Waals surface area contributed by atoms with Gasteiger partial charge in [0.2, 0.25) is 0 Å². The van der Waals surface area contributed by atoms with Gasteiger partial charge in [-0.2, -0.15) is 0 Å². The molecule has 0 spiro atoms. The van der Waals surface area contributed by atoms with Crippen molar-refractivity contribution in [3.8, 4) is 5.75 Å². The Balaban J connectivity index is 3.40. The molecule has 0 saturated heterocycles. The maximum absolute atomic E-state index is 5.42. The molecule has 1 aromatic carbocycles. The van der Waals surface area contributed by atoms with E-state index < -0.39 is 0 Å². The van der Waals surface area contributed by atoms with Crippen LogP contribution in [-0.4, -0.2) is 25.5 Å². The Hall–Kier alpha value is -0.0839. The Labute approximate surface area is 89.9 Å². The van der Waals surface area contributed by atoms with Crippen molar-refractivity contribution in [2.75, 3.05) is 0 Å². The van der Waals surface area contributed by atoms with E-state index >= 15 is 0 Å². The van der Waals surface area contributed by atoms with Gasteiger partial charge in [0, 0.05) is 0 Å². The summed E-state index contributed by atoms with van der Waals surface area (Å²) in [5, 5.41) is 0. The van der Waals surface area contributed by atoms with Crippen LogP contribution in [0.15, 0.2) is 6.07 Å². The molecular weight excluding hydrogens is 345 g/mol. The number of rotatable bonds is 1. The summed E-state index contributed by atoms with van der Waals surface area (Å²) < 4.78 is 5.42. The zero-order valence-electron chi connectivity index (χ0n) is 7.93. The predicted octanol–water partition coefficient (Wildman–Crippen LogP) is 2.11. The van der Waals surface area contributed by atoms with Crippen LogP contribution < -0.4 is 2.77 Å². The fraction of sp³-hybridized carbons (Fsp3) is 0.400. The van der Waals surface area contributed by atoms with Crippen LogP contribution >= 0.6 is 0 Å². The van der Waals surface area contributed by atoms with Gasteiger partial charge in [0.15, 0.2) is 0 Å². The van der Waals surface area contributed by atoms with Crippen LogP contribution in [0.2, 0.25) is 0 Å². The van der Waals surface area contributed by atoms with E-state index in [0.29, 0.717) is 0 Å². The Morgan fingerprint density at radius 2 is 1.58 bits per heavy atom. The summed E-state index contributed by atoms with van der Waals surface area (Å²) in [5.74, 6) is 1.08. The summed E-state index contributed by atoms with van der Waals surface area (Å²) in [5.41, 5.74) is 5.24. The second kappa shape index (κ2) is 3.75. The molecule has 0 heterocycles. The van der Waals surface area contributed by atoms with Gasteiger partial charge in [-0.3, -0.25) is 0 Å². The number of benzene rings is 1. The molecule has 2 heteroatoms. The topological polar surface area (TPSA) is 9.23 Å². The molecule has 0 fully saturated rings. The third-order valence-electron chi connectivity index (χ3n) is 2.38. The fourth-order valence-corrected chi connectivity index (χ4v) is 2.49. The number of hydrogen-bond donors (Lipinski definition) is 0. The molecule has 0 amide bonds. The molecule has 0 N–H and O–H groups in total. The minimum atomic E-state index is 0.961. The Morgan fingerprint density at radius 1 is 1.00 bits per heavy atom. The quantitative estimate of drug-likeness (QED) is 0.747. The van der Waals surface area contributed by atoms with Gasteiger partial charge >= 0.3 is 90.0 Å². The van der Waals surface area contributed by atoms with Crippen LogP contribution in [0, 0.1) is 27.7 Å². The zero-order chi connectivity index (χ0) is 9.30. The third-order valence-corrected chi connectivity index (χ3v) is 3.09. The molecule has 0 aliphatic heterocycles. The molecule has 0 aliphatic rings.